The summed E-state index contributed by atoms with van der Waals surface area (Å²) in [5.74, 6) is -0.0967. The maximum Gasteiger partial charge on any atom is 0.363 e. The monoisotopic (exact) mass is 377 g/mol. The standard InChI is InChI=1S/C20H12BrNO2/c21-17-9-7-15(8-10-17)19-22-18(20(23)24-19)12-13-5-6-14-3-1-2-4-16(14)11-13/h1-12H. The molecule has 0 saturated heterocycles. The Morgan fingerprint density at radius 3 is 2.46 bits per heavy atom. The maximum atomic E-state index is 12.1. The Bertz CT molecular complexity index is 1000. The largest absolute Gasteiger partial charge is 0.402 e. The number of ether oxygens (including phenoxy) is 1. The van der Waals surface area contributed by atoms with Crippen LogP contribution in [0.4, 0.5) is 0 Å². The van der Waals surface area contributed by atoms with Crippen LogP contribution in [0.2, 0.25) is 0 Å². The van der Waals surface area contributed by atoms with Crippen molar-refractivity contribution in [1.82, 2.24) is 0 Å². The van der Waals surface area contributed by atoms with E-state index < -0.39 is 5.97 Å². The van der Waals surface area contributed by atoms with E-state index in [1.807, 2.05) is 60.7 Å². The van der Waals surface area contributed by atoms with Gasteiger partial charge in [0, 0.05) is 10.0 Å². The Kier molecular flexibility index (Phi) is 3.75. The number of carbonyl (C=O) groups is 1. The van der Waals surface area contributed by atoms with Crippen molar-refractivity contribution in [3.8, 4) is 0 Å². The minimum absolute atomic E-state index is 0.309. The van der Waals surface area contributed by atoms with Crippen molar-refractivity contribution in [2.75, 3.05) is 0 Å². The summed E-state index contributed by atoms with van der Waals surface area (Å²) in [6, 6.07) is 21.6. The zero-order valence-corrected chi connectivity index (χ0v) is 14.2. The van der Waals surface area contributed by atoms with Crippen LogP contribution >= 0.6 is 15.9 Å². The molecular weight excluding hydrogens is 366 g/mol. The van der Waals surface area contributed by atoms with E-state index in [0.717, 1.165) is 26.4 Å². The first-order chi connectivity index (χ1) is 11.7. The van der Waals surface area contributed by atoms with Gasteiger partial charge in [-0.1, -0.05) is 52.3 Å². The molecule has 0 amide bonds. The number of fused-ring (bicyclic) bond motifs is 1. The number of cyclic esters (lactones) is 1. The highest BCUT2D eigenvalue weighted by Crippen LogP contribution is 2.22. The van der Waals surface area contributed by atoms with Crippen LogP contribution in [0.5, 0.6) is 0 Å². The van der Waals surface area contributed by atoms with Crippen molar-refractivity contribution in [2.45, 2.75) is 0 Å². The molecule has 116 valence electrons. The highest BCUT2D eigenvalue weighted by atomic mass is 79.9. The molecule has 0 saturated carbocycles. The number of aliphatic imine (C=N–C) groups is 1. The van der Waals surface area contributed by atoms with Crippen LogP contribution in [-0.2, 0) is 9.53 Å². The molecule has 4 heteroatoms. The molecule has 1 heterocycles. The van der Waals surface area contributed by atoms with Gasteiger partial charge in [0.25, 0.3) is 0 Å². The van der Waals surface area contributed by atoms with Crippen molar-refractivity contribution in [3.63, 3.8) is 0 Å². The quantitative estimate of drug-likeness (QED) is 0.468. The van der Waals surface area contributed by atoms with Gasteiger partial charge in [-0.25, -0.2) is 9.79 Å². The smallest absolute Gasteiger partial charge is 0.363 e. The molecule has 3 aromatic carbocycles. The average molecular weight is 378 g/mol. The number of halogens is 1. The number of benzene rings is 3. The highest BCUT2D eigenvalue weighted by Gasteiger charge is 2.24. The van der Waals surface area contributed by atoms with Crippen molar-refractivity contribution in [1.29, 1.82) is 0 Å². The number of hydrogen-bond donors (Lipinski definition) is 0. The van der Waals surface area contributed by atoms with Crippen LogP contribution in [0.25, 0.3) is 16.8 Å². The van der Waals surface area contributed by atoms with E-state index in [-0.39, 0.29) is 0 Å². The molecule has 3 nitrogen and oxygen atoms in total. The van der Waals surface area contributed by atoms with Crippen LogP contribution in [0.15, 0.2) is 81.9 Å². The normalized spacial score (nSPS) is 15.6. The molecule has 0 radical (unpaired) electrons. The summed E-state index contributed by atoms with van der Waals surface area (Å²) in [7, 11) is 0. The van der Waals surface area contributed by atoms with Gasteiger partial charge in [-0.15, -0.1) is 0 Å². The van der Waals surface area contributed by atoms with E-state index in [1.165, 1.54) is 0 Å². The van der Waals surface area contributed by atoms with Crippen molar-refractivity contribution < 1.29 is 9.53 Å². The Hall–Kier alpha value is -2.72. The van der Waals surface area contributed by atoms with Crippen molar-refractivity contribution in [3.05, 3.63) is 88.0 Å². The fourth-order valence-corrected chi connectivity index (χ4v) is 2.84. The molecule has 0 atom stereocenters. The summed E-state index contributed by atoms with van der Waals surface area (Å²) in [6.07, 6.45) is 1.75. The summed E-state index contributed by atoms with van der Waals surface area (Å²) in [6.45, 7) is 0. The number of nitrogens with zero attached hydrogens (tertiary/aromatic N) is 1. The van der Waals surface area contributed by atoms with E-state index in [0.29, 0.717) is 11.6 Å². The van der Waals surface area contributed by atoms with Gasteiger partial charge in [-0.05, 0) is 52.7 Å². The molecule has 0 aliphatic carbocycles. The summed E-state index contributed by atoms with van der Waals surface area (Å²) in [4.78, 5) is 16.4. The zero-order chi connectivity index (χ0) is 16.5. The Morgan fingerprint density at radius 2 is 1.67 bits per heavy atom. The first-order valence-electron chi connectivity index (χ1n) is 7.46. The van der Waals surface area contributed by atoms with Gasteiger partial charge in [-0.2, -0.15) is 0 Å². The molecule has 0 unspecified atom stereocenters. The lowest BCUT2D eigenvalue weighted by molar-refractivity contribution is -0.129. The Balaban J connectivity index is 1.70. The van der Waals surface area contributed by atoms with Gasteiger partial charge in [0.2, 0.25) is 5.90 Å². The molecule has 24 heavy (non-hydrogen) atoms. The minimum atomic E-state index is -0.430. The van der Waals surface area contributed by atoms with Gasteiger partial charge in [-0.3, -0.25) is 0 Å². The predicted octanol–water partition coefficient (Wildman–Crippen LogP) is 4.95. The van der Waals surface area contributed by atoms with E-state index in [4.69, 9.17) is 4.74 Å². The van der Waals surface area contributed by atoms with Gasteiger partial charge >= 0.3 is 5.97 Å². The summed E-state index contributed by atoms with van der Waals surface area (Å²) in [5, 5.41) is 2.28. The van der Waals surface area contributed by atoms with Gasteiger partial charge in [0.15, 0.2) is 5.70 Å². The summed E-state index contributed by atoms with van der Waals surface area (Å²) < 4.78 is 6.25. The molecule has 1 aliphatic rings. The van der Waals surface area contributed by atoms with Crippen molar-refractivity contribution >= 4 is 44.6 Å². The molecule has 0 bridgehead atoms. The minimum Gasteiger partial charge on any atom is -0.402 e. The second-order valence-corrected chi connectivity index (χ2v) is 6.37. The van der Waals surface area contributed by atoms with E-state index in [1.54, 1.807) is 6.08 Å². The average Bonchev–Trinajstić information content (AvgIpc) is 2.96. The summed E-state index contributed by atoms with van der Waals surface area (Å²) in [5.41, 5.74) is 2.00. The fraction of sp³-hybridized carbons (Fsp3) is 0. The third kappa shape index (κ3) is 2.88. The lowest BCUT2D eigenvalue weighted by Gasteiger charge is -1.99. The third-order valence-electron chi connectivity index (χ3n) is 3.79. The Labute approximate surface area is 147 Å². The molecule has 0 aromatic heterocycles. The Morgan fingerprint density at radius 1 is 0.917 bits per heavy atom. The molecule has 0 fully saturated rings. The van der Waals surface area contributed by atoms with Gasteiger partial charge in [0.05, 0.1) is 0 Å². The fourth-order valence-electron chi connectivity index (χ4n) is 2.58. The van der Waals surface area contributed by atoms with Crippen molar-refractivity contribution in [2.24, 2.45) is 4.99 Å². The molecule has 0 N–H and O–H groups in total. The summed E-state index contributed by atoms with van der Waals surface area (Å²) >= 11 is 3.38. The lowest BCUT2D eigenvalue weighted by atomic mass is 10.1. The van der Waals surface area contributed by atoms with Crippen LogP contribution in [0, 0.1) is 0 Å². The number of rotatable bonds is 2. The SMILES string of the molecule is O=C1OC(c2ccc(Br)cc2)=NC1=Cc1ccc2ccccc2c1. The first-order valence-corrected chi connectivity index (χ1v) is 8.26. The van der Waals surface area contributed by atoms with Crippen LogP contribution < -0.4 is 0 Å². The number of carbonyl (C=O) groups excluding carboxylic acids is 1. The predicted molar refractivity (Wildman–Crippen MR) is 98.7 cm³/mol. The van der Waals surface area contributed by atoms with E-state index >= 15 is 0 Å². The second kappa shape index (κ2) is 6.06. The molecule has 0 spiro atoms. The molecule has 4 rings (SSSR count). The van der Waals surface area contributed by atoms with E-state index in [2.05, 4.69) is 27.0 Å². The number of esters is 1. The zero-order valence-electron chi connectivity index (χ0n) is 12.6. The van der Waals surface area contributed by atoms with Gasteiger partial charge in [0.1, 0.15) is 0 Å². The maximum absolute atomic E-state index is 12.1. The third-order valence-corrected chi connectivity index (χ3v) is 4.32. The second-order valence-electron chi connectivity index (χ2n) is 5.45. The highest BCUT2D eigenvalue weighted by molar-refractivity contribution is 9.10. The number of hydrogen-bond acceptors (Lipinski definition) is 3. The first kappa shape index (κ1) is 14.8. The van der Waals surface area contributed by atoms with Crippen LogP contribution in [-0.4, -0.2) is 11.9 Å². The molecule has 3 aromatic rings. The van der Waals surface area contributed by atoms with Crippen LogP contribution in [0.1, 0.15) is 11.1 Å². The van der Waals surface area contributed by atoms with E-state index in [9.17, 15) is 4.79 Å². The molecule has 1 aliphatic heterocycles. The van der Waals surface area contributed by atoms with Crippen LogP contribution in [0.3, 0.4) is 0 Å². The lowest BCUT2D eigenvalue weighted by Crippen LogP contribution is -2.05. The topological polar surface area (TPSA) is 38.7 Å². The van der Waals surface area contributed by atoms with Gasteiger partial charge < -0.3 is 4.74 Å². The molecular formula is C20H12BrNO2.